The molecule has 0 bridgehead atoms. The zero-order valence-corrected chi connectivity index (χ0v) is 10.00. The number of hydrogen-bond acceptors (Lipinski definition) is 3. The van der Waals surface area contributed by atoms with E-state index in [1.807, 2.05) is 6.07 Å². The number of fused-ring (bicyclic) bond motifs is 1. The van der Waals surface area contributed by atoms with Gasteiger partial charge in [-0.25, -0.2) is 4.79 Å². The van der Waals surface area contributed by atoms with Crippen LogP contribution < -0.4 is 0 Å². The zero-order chi connectivity index (χ0) is 11.7. The normalized spacial score (nSPS) is 10.4. The van der Waals surface area contributed by atoms with Crippen molar-refractivity contribution < 1.29 is 14.3 Å². The number of rotatable bonds is 2. The van der Waals surface area contributed by atoms with Gasteiger partial charge in [-0.2, -0.15) is 0 Å². The summed E-state index contributed by atoms with van der Waals surface area (Å²) in [5, 5.41) is 0.699. The standard InChI is InChI=1S/C11H8BrNO3/c1-16-11(15)10-8(5-14)7-4-6(12)2-3-9(7)13-10/h2-5,13H,1H3. The molecule has 4 nitrogen and oxygen atoms in total. The number of benzene rings is 1. The number of methoxy groups -OCH3 is 1. The fourth-order valence-corrected chi connectivity index (χ4v) is 1.93. The minimum Gasteiger partial charge on any atom is -0.464 e. The molecule has 82 valence electrons. The number of esters is 1. The molecule has 0 amide bonds. The third-order valence-corrected chi connectivity index (χ3v) is 2.80. The van der Waals surface area contributed by atoms with Gasteiger partial charge in [0.15, 0.2) is 6.29 Å². The Morgan fingerprint density at radius 3 is 2.88 bits per heavy atom. The van der Waals surface area contributed by atoms with Crippen molar-refractivity contribution in [1.82, 2.24) is 4.98 Å². The molecule has 0 aliphatic rings. The topological polar surface area (TPSA) is 59.2 Å². The Kier molecular flexibility index (Phi) is 2.78. The van der Waals surface area contributed by atoms with Gasteiger partial charge in [0, 0.05) is 15.4 Å². The van der Waals surface area contributed by atoms with Gasteiger partial charge < -0.3 is 9.72 Å². The summed E-state index contributed by atoms with van der Waals surface area (Å²) in [6.07, 6.45) is 0.650. The number of nitrogens with one attached hydrogen (secondary N) is 1. The molecule has 5 heteroatoms. The first-order valence-electron chi connectivity index (χ1n) is 4.52. The molecule has 2 rings (SSSR count). The van der Waals surface area contributed by atoms with Crippen LogP contribution in [-0.4, -0.2) is 24.3 Å². The second-order valence-electron chi connectivity index (χ2n) is 3.21. The van der Waals surface area contributed by atoms with E-state index >= 15 is 0 Å². The van der Waals surface area contributed by atoms with Crippen LogP contribution in [0, 0.1) is 0 Å². The van der Waals surface area contributed by atoms with Crippen LogP contribution in [-0.2, 0) is 4.74 Å². The molecule has 16 heavy (non-hydrogen) atoms. The molecule has 0 unspecified atom stereocenters. The van der Waals surface area contributed by atoms with Gasteiger partial charge in [-0.05, 0) is 18.2 Å². The summed E-state index contributed by atoms with van der Waals surface area (Å²) in [5.74, 6) is -0.547. The summed E-state index contributed by atoms with van der Waals surface area (Å²) >= 11 is 3.31. The monoisotopic (exact) mass is 281 g/mol. The Morgan fingerprint density at radius 2 is 2.25 bits per heavy atom. The van der Waals surface area contributed by atoms with E-state index in [2.05, 4.69) is 25.7 Å². The Balaban J connectivity index is 2.76. The van der Waals surface area contributed by atoms with E-state index in [-0.39, 0.29) is 5.69 Å². The van der Waals surface area contributed by atoms with Crippen molar-refractivity contribution in [3.8, 4) is 0 Å². The minimum absolute atomic E-state index is 0.186. The van der Waals surface area contributed by atoms with Crippen LogP contribution in [0.5, 0.6) is 0 Å². The number of halogens is 1. The summed E-state index contributed by atoms with van der Waals surface area (Å²) in [6, 6.07) is 5.40. The average Bonchev–Trinajstić information content (AvgIpc) is 2.65. The lowest BCUT2D eigenvalue weighted by Gasteiger charge is -1.95. The molecule has 0 aliphatic carbocycles. The van der Waals surface area contributed by atoms with Crippen LogP contribution in [0.2, 0.25) is 0 Å². The second kappa shape index (κ2) is 4.09. The Labute approximate surface area is 99.7 Å². The van der Waals surface area contributed by atoms with E-state index in [4.69, 9.17) is 0 Å². The molecule has 0 saturated heterocycles. The van der Waals surface area contributed by atoms with Crippen LogP contribution in [0.25, 0.3) is 10.9 Å². The first-order chi connectivity index (χ1) is 7.67. The van der Waals surface area contributed by atoms with E-state index < -0.39 is 5.97 Å². The van der Waals surface area contributed by atoms with Crippen molar-refractivity contribution in [3.05, 3.63) is 33.9 Å². The van der Waals surface area contributed by atoms with E-state index in [1.54, 1.807) is 12.1 Å². The lowest BCUT2D eigenvalue weighted by atomic mass is 10.1. The number of ether oxygens (including phenoxy) is 1. The highest BCUT2D eigenvalue weighted by molar-refractivity contribution is 9.10. The molecule has 1 aromatic heterocycles. The van der Waals surface area contributed by atoms with Crippen LogP contribution in [0.3, 0.4) is 0 Å². The van der Waals surface area contributed by atoms with Crippen LogP contribution in [0.4, 0.5) is 0 Å². The smallest absolute Gasteiger partial charge is 0.355 e. The van der Waals surface area contributed by atoms with E-state index in [0.717, 1.165) is 9.99 Å². The van der Waals surface area contributed by atoms with Crippen molar-refractivity contribution >= 4 is 39.1 Å². The van der Waals surface area contributed by atoms with Crippen molar-refractivity contribution in [1.29, 1.82) is 0 Å². The fourth-order valence-electron chi connectivity index (χ4n) is 1.57. The Bertz CT molecular complexity index is 574. The SMILES string of the molecule is COC(=O)c1[nH]c2ccc(Br)cc2c1C=O. The van der Waals surface area contributed by atoms with Crippen molar-refractivity contribution in [2.75, 3.05) is 7.11 Å². The van der Waals surface area contributed by atoms with Crippen molar-refractivity contribution in [2.45, 2.75) is 0 Å². The maximum absolute atomic E-state index is 11.4. The quantitative estimate of drug-likeness (QED) is 0.680. The molecule has 1 heterocycles. The van der Waals surface area contributed by atoms with Gasteiger partial charge in [0.25, 0.3) is 0 Å². The zero-order valence-electron chi connectivity index (χ0n) is 8.41. The number of aromatic amines is 1. The lowest BCUT2D eigenvalue weighted by molar-refractivity contribution is 0.0593. The van der Waals surface area contributed by atoms with Crippen LogP contribution >= 0.6 is 15.9 Å². The van der Waals surface area contributed by atoms with Gasteiger partial charge in [0.1, 0.15) is 5.69 Å². The van der Waals surface area contributed by atoms with Crippen molar-refractivity contribution in [2.24, 2.45) is 0 Å². The van der Waals surface area contributed by atoms with Crippen molar-refractivity contribution in [3.63, 3.8) is 0 Å². The van der Waals surface area contributed by atoms with E-state index in [0.29, 0.717) is 17.2 Å². The minimum atomic E-state index is -0.547. The first kappa shape index (κ1) is 10.9. The largest absolute Gasteiger partial charge is 0.464 e. The molecule has 0 saturated carbocycles. The number of aldehydes is 1. The maximum Gasteiger partial charge on any atom is 0.355 e. The van der Waals surface area contributed by atoms with Gasteiger partial charge in [-0.1, -0.05) is 15.9 Å². The molecule has 0 atom stereocenters. The number of aromatic nitrogens is 1. The predicted molar refractivity (Wildman–Crippen MR) is 62.7 cm³/mol. The summed E-state index contributed by atoms with van der Waals surface area (Å²) < 4.78 is 5.44. The molecular weight excluding hydrogens is 274 g/mol. The second-order valence-corrected chi connectivity index (χ2v) is 4.13. The average molecular weight is 282 g/mol. The highest BCUT2D eigenvalue weighted by Crippen LogP contribution is 2.25. The molecule has 0 aliphatic heterocycles. The van der Waals surface area contributed by atoms with E-state index in [1.165, 1.54) is 7.11 Å². The molecule has 1 N–H and O–H groups in total. The highest BCUT2D eigenvalue weighted by Gasteiger charge is 2.17. The molecule has 1 aromatic carbocycles. The van der Waals surface area contributed by atoms with Gasteiger partial charge in [0.2, 0.25) is 0 Å². The first-order valence-corrected chi connectivity index (χ1v) is 5.31. The Morgan fingerprint density at radius 1 is 1.50 bits per heavy atom. The van der Waals surface area contributed by atoms with E-state index in [9.17, 15) is 9.59 Å². The fraction of sp³-hybridized carbons (Fsp3) is 0.0909. The predicted octanol–water partition coefficient (Wildman–Crippen LogP) is 2.53. The maximum atomic E-state index is 11.4. The lowest BCUT2D eigenvalue weighted by Crippen LogP contribution is -2.04. The molecule has 0 fully saturated rings. The van der Waals surface area contributed by atoms with Gasteiger partial charge in [-0.15, -0.1) is 0 Å². The van der Waals surface area contributed by atoms with Gasteiger partial charge in [-0.3, -0.25) is 4.79 Å². The summed E-state index contributed by atoms with van der Waals surface area (Å²) in [4.78, 5) is 25.3. The molecule has 2 aromatic rings. The number of hydrogen-bond donors (Lipinski definition) is 1. The van der Waals surface area contributed by atoms with Gasteiger partial charge in [0.05, 0.1) is 12.7 Å². The summed E-state index contributed by atoms with van der Waals surface area (Å²) in [5.41, 5.74) is 1.24. The Hall–Kier alpha value is -1.62. The molecule has 0 spiro atoms. The van der Waals surface area contributed by atoms with Gasteiger partial charge >= 0.3 is 5.97 Å². The molecule has 0 radical (unpaired) electrons. The van der Waals surface area contributed by atoms with Crippen LogP contribution in [0.15, 0.2) is 22.7 Å². The highest BCUT2D eigenvalue weighted by atomic mass is 79.9. The molecular formula is C11H8BrNO3. The third kappa shape index (κ3) is 1.63. The summed E-state index contributed by atoms with van der Waals surface area (Å²) in [6.45, 7) is 0. The summed E-state index contributed by atoms with van der Waals surface area (Å²) in [7, 11) is 1.28. The third-order valence-electron chi connectivity index (χ3n) is 2.31. The number of carbonyl (C=O) groups excluding carboxylic acids is 2. The number of carbonyl (C=O) groups is 2. The van der Waals surface area contributed by atoms with Crippen LogP contribution in [0.1, 0.15) is 20.8 Å². The number of H-pyrrole nitrogens is 1.